The van der Waals surface area contributed by atoms with Crippen molar-refractivity contribution in [3.05, 3.63) is 35.4 Å². The number of halogens is 1. The molecule has 2 atom stereocenters. The summed E-state index contributed by atoms with van der Waals surface area (Å²) in [5.41, 5.74) is 7.75. The normalized spacial score (nSPS) is 19.8. The molecule has 7 heteroatoms. The number of primary amides is 1. The number of hydrogen-bond acceptors (Lipinski definition) is 3. The minimum atomic E-state index is -0.681. The summed E-state index contributed by atoms with van der Waals surface area (Å²) in [4.78, 5) is 25.2. The maximum absolute atomic E-state index is 12.0. The van der Waals surface area contributed by atoms with Crippen LogP contribution in [0.2, 0.25) is 0 Å². The van der Waals surface area contributed by atoms with Gasteiger partial charge in [0, 0.05) is 25.7 Å². The summed E-state index contributed by atoms with van der Waals surface area (Å²) in [5, 5.41) is 5.40. The predicted octanol–water partition coefficient (Wildman–Crippen LogP) is 1.91. The highest BCUT2D eigenvalue weighted by Crippen LogP contribution is 2.26. The number of carbonyl (C=O) groups is 2. The number of amides is 3. The highest BCUT2D eigenvalue weighted by molar-refractivity contribution is 5.85. The SMILES string of the molecule is CCc1ccccc1CN1C[C@H](NC(=O)CNC(N)=O)[C@@H](C(C)C)C1.Cl. The first kappa shape index (κ1) is 22.3. The van der Waals surface area contributed by atoms with Crippen LogP contribution in [-0.2, 0) is 17.8 Å². The van der Waals surface area contributed by atoms with Crippen molar-refractivity contribution in [1.82, 2.24) is 15.5 Å². The van der Waals surface area contributed by atoms with E-state index in [1.165, 1.54) is 11.1 Å². The maximum atomic E-state index is 12.0. The summed E-state index contributed by atoms with van der Waals surface area (Å²) in [6.07, 6.45) is 1.02. The quantitative estimate of drug-likeness (QED) is 0.673. The molecule has 0 spiro atoms. The van der Waals surface area contributed by atoms with Gasteiger partial charge in [-0.2, -0.15) is 0 Å². The third-order valence-electron chi connectivity index (χ3n) is 4.96. The van der Waals surface area contributed by atoms with E-state index in [0.717, 1.165) is 26.1 Å². The van der Waals surface area contributed by atoms with Crippen molar-refractivity contribution < 1.29 is 9.59 Å². The topological polar surface area (TPSA) is 87.5 Å². The van der Waals surface area contributed by atoms with Crippen molar-refractivity contribution in [3.8, 4) is 0 Å². The molecule has 1 aliphatic rings. The van der Waals surface area contributed by atoms with Crippen molar-refractivity contribution in [2.45, 2.75) is 39.8 Å². The number of carbonyl (C=O) groups excluding carboxylic acids is 2. The number of nitrogens with one attached hydrogen (secondary N) is 2. The molecule has 3 amide bonds. The van der Waals surface area contributed by atoms with E-state index in [9.17, 15) is 9.59 Å². The minimum Gasteiger partial charge on any atom is -0.352 e. The van der Waals surface area contributed by atoms with E-state index in [1.54, 1.807) is 0 Å². The van der Waals surface area contributed by atoms with Crippen LogP contribution in [-0.4, -0.2) is 42.5 Å². The Bertz CT molecular complexity index is 609. The number of benzene rings is 1. The van der Waals surface area contributed by atoms with Crippen LogP contribution in [0, 0.1) is 11.8 Å². The molecule has 0 saturated carbocycles. The molecule has 2 rings (SSSR count). The molecule has 0 bridgehead atoms. The predicted molar refractivity (Wildman–Crippen MR) is 106 cm³/mol. The van der Waals surface area contributed by atoms with Gasteiger partial charge in [-0.3, -0.25) is 9.69 Å². The Balaban J connectivity index is 0.00000338. The summed E-state index contributed by atoms with van der Waals surface area (Å²) >= 11 is 0. The molecule has 0 aromatic heterocycles. The molecule has 1 saturated heterocycles. The number of aryl methyl sites for hydroxylation is 1. The van der Waals surface area contributed by atoms with E-state index >= 15 is 0 Å². The molecule has 1 aliphatic heterocycles. The first-order chi connectivity index (χ1) is 11.9. The minimum absolute atomic E-state index is 0. The zero-order valence-electron chi connectivity index (χ0n) is 15.8. The van der Waals surface area contributed by atoms with Crippen LogP contribution in [0.15, 0.2) is 24.3 Å². The molecule has 0 aliphatic carbocycles. The van der Waals surface area contributed by atoms with Gasteiger partial charge in [0.2, 0.25) is 5.91 Å². The zero-order valence-corrected chi connectivity index (χ0v) is 16.6. The van der Waals surface area contributed by atoms with Gasteiger partial charge in [-0.1, -0.05) is 45.0 Å². The van der Waals surface area contributed by atoms with Crippen LogP contribution < -0.4 is 16.4 Å². The molecule has 146 valence electrons. The van der Waals surface area contributed by atoms with Gasteiger partial charge in [-0.15, -0.1) is 12.4 Å². The second kappa shape index (κ2) is 10.4. The van der Waals surface area contributed by atoms with Gasteiger partial charge in [0.15, 0.2) is 0 Å². The van der Waals surface area contributed by atoms with Gasteiger partial charge in [0.25, 0.3) is 0 Å². The Hall–Kier alpha value is -1.79. The van der Waals surface area contributed by atoms with Gasteiger partial charge >= 0.3 is 6.03 Å². The molecule has 1 fully saturated rings. The Kier molecular flexibility index (Phi) is 8.88. The van der Waals surface area contributed by atoms with Crippen molar-refractivity contribution >= 4 is 24.3 Å². The summed E-state index contributed by atoms with van der Waals surface area (Å²) in [6, 6.07) is 7.94. The van der Waals surface area contributed by atoms with E-state index in [1.807, 2.05) is 0 Å². The number of hydrogen-bond donors (Lipinski definition) is 3. The van der Waals surface area contributed by atoms with Gasteiger partial charge in [0.05, 0.1) is 6.54 Å². The molecular weight excluding hydrogens is 352 g/mol. The summed E-state index contributed by atoms with van der Waals surface area (Å²) in [5.74, 6) is 0.678. The summed E-state index contributed by atoms with van der Waals surface area (Å²) in [7, 11) is 0. The first-order valence-electron chi connectivity index (χ1n) is 9.02. The second-order valence-electron chi connectivity index (χ2n) is 7.12. The average Bonchev–Trinajstić information content (AvgIpc) is 2.96. The standard InChI is InChI=1S/C19H30N4O2.ClH/c1-4-14-7-5-6-8-15(14)10-23-11-16(13(2)3)17(12-23)22-18(24)9-21-19(20)25;/h5-8,13,16-17H,4,9-12H2,1-3H3,(H,22,24)(H3,20,21,25);1H/t16-,17+;/m1./s1. The monoisotopic (exact) mass is 382 g/mol. The van der Waals surface area contributed by atoms with Gasteiger partial charge < -0.3 is 16.4 Å². The van der Waals surface area contributed by atoms with Crippen molar-refractivity contribution in [3.63, 3.8) is 0 Å². The van der Waals surface area contributed by atoms with E-state index in [-0.39, 0.29) is 30.9 Å². The van der Waals surface area contributed by atoms with Gasteiger partial charge in [0.1, 0.15) is 0 Å². The van der Waals surface area contributed by atoms with Crippen LogP contribution in [0.4, 0.5) is 4.79 Å². The first-order valence-corrected chi connectivity index (χ1v) is 9.02. The number of nitrogens with zero attached hydrogens (tertiary/aromatic N) is 1. The fourth-order valence-electron chi connectivity index (χ4n) is 3.59. The Morgan fingerprint density at radius 1 is 1.23 bits per heavy atom. The molecule has 1 aromatic rings. The smallest absolute Gasteiger partial charge is 0.312 e. The third-order valence-corrected chi connectivity index (χ3v) is 4.96. The largest absolute Gasteiger partial charge is 0.352 e. The van der Waals surface area contributed by atoms with E-state index in [0.29, 0.717) is 11.8 Å². The number of rotatable bonds is 7. The van der Waals surface area contributed by atoms with Crippen LogP contribution >= 0.6 is 12.4 Å². The molecule has 6 nitrogen and oxygen atoms in total. The van der Waals surface area contributed by atoms with Crippen LogP contribution in [0.5, 0.6) is 0 Å². The lowest BCUT2D eigenvalue weighted by molar-refractivity contribution is -0.121. The molecule has 4 N–H and O–H groups in total. The summed E-state index contributed by atoms with van der Waals surface area (Å²) in [6.45, 7) is 9.17. The van der Waals surface area contributed by atoms with Crippen LogP contribution in [0.1, 0.15) is 31.9 Å². The Labute approximate surface area is 162 Å². The van der Waals surface area contributed by atoms with Crippen molar-refractivity contribution in [2.24, 2.45) is 17.6 Å². The highest BCUT2D eigenvalue weighted by atomic mass is 35.5. The fraction of sp³-hybridized carbons (Fsp3) is 0.579. The van der Waals surface area contributed by atoms with E-state index < -0.39 is 6.03 Å². The Morgan fingerprint density at radius 3 is 2.46 bits per heavy atom. The molecule has 0 unspecified atom stereocenters. The zero-order chi connectivity index (χ0) is 18.4. The average molecular weight is 383 g/mol. The van der Waals surface area contributed by atoms with E-state index in [2.05, 4.69) is 60.6 Å². The number of nitrogens with two attached hydrogens (primary N) is 1. The van der Waals surface area contributed by atoms with Gasteiger partial charge in [-0.05, 0) is 29.4 Å². The van der Waals surface area contributed by atoms with Gasteiger partial charge in [-0.25, -0.2) is 4.79 Å². The summed E-state index contributed by atoms with van der Waals surface area (Å²) < 4.78 is 0. The molecule has 1 heterocycles. The molecular formula is C19H31ClN4O2. The molecule has 1 aromatic carbocycles. The highest BCUT2D eigenvalue weighted by Gasteiger charge is 2.35. The fourth-order valence-corrected chi connectivity index (χ4v) is 3.59. The third kappa shape index (κ3) is 6.18. The number of likely N-dealkylation sites (tertiary alicyclic amines) is 1. The molecule has 26 heavy (non-hydrogen) atoms. The maximum Gasteiger partial charge on any atom is 0.312 e. The van der Waals surface area contributed by atoms with Crippen LogP contribution in [0.25, 0.3) is 0 Å². The van der Waals surface area contributed by atoms with Crippen molar-refractivity contribution in [1.29, 1.82) is 0 Å². The lowest BCUT2D eigenvalue weighted by Gasteiger charge is -2.23. The lowest BCUT2D eigenvalue weighted by atomic mass is 9.91. The lowest BCUT2D eigenvalue weighted by Crippen LogP contribution is -2.47. The second-order valence-corrected chi connectivity index (χ2v) is 7.12. The number of urea groups is 1. The van der Waals surface area contributed by atoms with Crippen molar-refractivity contribution in [2.75, 3.05) is 19.6 Å². The van der Waals surface area contributed by atoms with Crippen LogP contribution in [0.3, 0.4) is 0 Å². The molecule has 0 radical (unpaired) electrons. The Morgan fingerprint density at radius 2 is 1.88 bits per heavy atom. The van der Waals surface area contributed by atoms with E-state index in [4.69, 9.17) is 5.73 Å².